The van der Waals surface area contributed by atoms with E-state index in [1.54, 1.807) is 12.1 Å². The maximum Gasteiger partial charge on any atom is 0.248 e. The van der Waals surface area contributed by atoms with Crippen molar-refractivity contribution in [2.75, 3.05) is 16.8 Å². The molecule has 128 valence electrons. The monoisotopic (exact) mass is 341 g/mol. The fourth-order valence-corrected chi connectivity index (χ4v) is 2.72. The Balaban J connectivity index is 1.66. The molecule has 3 N–H and O–H groups in total. The molecule has 3 rings (SSSR count). The lowest BCUT2D eigenvalue weighted by Crippen LogP contribution is -2.28. The number of hydrogen-bond donors (Lipinski definition) is 2. The summed E-state index contributed by atoms with van der Waals surface area (Å²) in [5.74, 6) is -1.91. The Morgan fingerprint density at radius 2 is 1.72 bits per heavy atom. The van der Waals surface area contributed by atoms with Gasteiger partial charge in [-0.25, -0.2) is 4.39 Å². The number of primary amides is 1. The largest absolute Gasteiger partial charge is 0.366 e. The zero-order chi connectivity index (χ0) is 18.0. The number of nitrogens with two attached hydrogens (primary N) is 1. The molecule has 1 atom stereocenters. The minimum atomic E-state index is -0.547. The summed E-state index contributed by atoms with van der Waals surface area (Å²) in [6, 6.07) is 11.8. The highest BCUT2D eigenvalue weighted by atomic mass is 19.1. The van der Waals surface area contributed by atoms with Crippen molar-refractivity contribution >= 4 is 29.1 Å². The van der Waals surface area contributed by atoms with Gasteiger partial charge in [0.05, 0.1) is 5.92 Å². The molecule has 1 unspecified atom stereocenters. The topological polar surface area (TPSA) is 92.5 Å². The predicted octanol–water partition coefficient (Wildman–Crippen LogP) is 1.92. The van der Waals surface area contributed by atoms with Crippen LogP contribution < -0.4 is 16.0 Å². The summed E-state index contributed by atoms with van der Waals surface area (Å²) in [4.78, 5) is 37.0. The fraction of sp³-hybridized carbons (Fsp3) is 0.167. The van der Waals surface area contributed by atoms with Gasteiger partial charge in [0.2, 0.25) is 17.7 Å². The maximum atomic E-state index is 13.0. The molecule has 2 aromatic rings. The van der Waals surface area contributed by atoms with Crippen LogP contribution in [0.3, 0.4) is 0 Å². The third-order valence-corrected chi connectivity index (χ3v) is 4.07. The van der Waals surface area contributed by atoms with E-state index in [0.717, 1.165) is 0 Å². The average Bonchev–Trinajstić information content (AvgIpc) is 2.98. The van der Waals surface area contributed by atoms with Crippen molar-refractivity contribution in [2.24, 2.45) is 11.7 Å². The molecule has 0 aliphatic carbocycles. The van der Waals surface area contributed by atoms with Gasteiger partial charge in [-0.15, -0.1) is 0 Å². The summed E-state index contributed by atoms with van der Waals surface area (Å²) in [7, 11) is 0. The van der Waals surface area contributed by atoms with Crippen LogP contribution in [0, 0.1) is 11.7 Å². The van der Waals surface area contributed by atoms with Gasteiger partial charge < -0.3 is 16.0 Å². The highest BCUT2D eigenvalue weighted by molar-refractivity contribution is 6.03. The van der Waals surface area contributed by atoms with Crippen molar-refractivity contribution in [3.05, 3.63) is 59.9 Å². The Bertz CT molecular complexity index is 818. The Labute approximate surface area is 143 Å². The number of nitrogens with one attached hydrogen (secondary N) is 1. The van der Waals surface area contributed by atoms with Crippen molar-refractivity contribution in [1.29, 1.82) is 0 Å². The van der Waals surface area contributed by atoms with Crippen LogP contribution in [0.4, 0.5) is 15.8 Å². The molecule has 7 heteroatoms. The molecule has 0 bridgehead atoms. The molecule has 6 nitrogen and oxygen atoms in total. The van der Waals surface area contributed by atoms with Crippen LogP contribution in [-0.4, -0.2) is 24.3 Å². The fourth-order valence-electron chi connectivity index (χ4n) is 2.72. The van der Waals surface area contributed by atoms with E-state index in [1.165, 1.54) is 41.3 Å². The number of rotatable bonds is 4. The first-order chi connectivity index (χ1) is 11.9. The number of amides is 3. The highest BCUT2D eigenvalue weighted by Crippen LogP contribution is 2.26. The van der Waals surface area contributed by atoms with Gasteiger partial charge in [-0.3, -0.25) is 14.4 Å². The molecule has 1 heterocycles. The van der Waals surface area contributed by atoms with Gasteiger partial charge in [0.1, 0.15) is 5.82 Å². The van der Waals surface area contributed by atoms with Gasteiger partial charge in [-0.1, -0.05) is 0 Å². The van der Waals surface area contributed by atoms with Crippen LogP contribution >= 0.6 is 0 Å². The lowest BCUT2D eigenvalue weighted by atomic mass is 10.1. The predicted molar refractivity (Wildman–Crippen MR) is 90.4 cm³/mol. The molecule has 2 aromatic carbocycles. The summed E-state index contributed by atoms with van der Waals surface area (Å²) in [6.45, 7) is 0.232. The SMILES string of the molecule is NC(=O)c1ccc(NC(=O)C2CC(=O)N(c3ccc(F)cc3)C2)cc1. The minimum absolute atomic E-state index is 0.0859. The number of hydrogen-bond acceptors (Lipinski definition) is 3. The summed E-state index contributed by atoms with van der Waals surface area (Å²) >= 11 is 0. The summed E-state index contributed by atoms with van der Waals surface area (Å²) in [5.41, 5.74) is 6.59. The van der Waals surface area contributed by atoms with Gasteiger partial charge in [-0.05, 0) is 48.5 Å². The summed E-state index contributed by atoms with van der Waals surface area (Å²) in [5, 5.41) is 2.72. The lowest BCUT2D eigenvalue weighted by molar-refractivity contribution is -0.122. The van der Waals surface area contributed by atoms with Crippen LogP contribution in [0.5, 0.6) is 0 Å². The quantitative estimate of drug-likeness (QED) is 0.890. The second-order valence-electron chi connectivity index (χ2n) is 5.81. The first-order valence-electron chi connectivity index (χ1n) is 7.70. The van der Waals surface area contributed by atoms with E-state index in [-0.39, 0.29) is 30.6 Å². The molecule has 0 aromatic heterocycles. The molecule has 1 fully saturated rings. The number of nitrogens with zero attached hydrogens (tertiary/aromatic N) is 1. The Morgan fingerprint density at radius 1 is 1.08 bits per heavy atom. The molecule has 0 spiro atoms. The first kappa shape index (κ1) is 16.6. The van der Waals surface area contributed by atoms with E-state index in [1.807, 2.05) is 0 Å². The number of benzene rings is 2. The number of anilines is 2. The second kappa shape index (κ2) is 6.72. The molecule has 25 heavy (non-hydrogen) atoms. The van der Waals surface area contributed by atoms with Crippen molar-refractivity contribution < 1.29 is 18.8 Å². The Morgan fingerprint density at radius 3 is 2.32 bits per heavy atom. The van der Waals surface area contributed by atoms with Gasteiger partial charge in [0.25, 0.3) is 0 Å². The molecular weight excluding hydrogens is 325 g/mol. The molecule has 0 saturated carbocycles. The highest BCUT2D eigenvalue weighted by Gasteiger charge is 2.35. The molecule has 0 radical (unpaired) electrons. The number of carbonyl (C=O) groups is 3. The third-order valence-electron chi connectivity index (χ3n) is 4.07. The lowest BCUT2D eigenvalue weighted by Gasteiger charge is -2.16. The van der Waals surface area contributed by atoms with E-state index in [9.17, 15) is 18.8 Å². The van der Waals surface area contributed by atoms with Gasteiger partial charge in [0, 0.05) is 29.9 Å². The van der Waals surface area contributed by atoms with Crippen LogP contribution in [0.2, 0.25) is 0 Å². The molecule has 3 amide bonds. The van der Waals surface area contributed by atoms with Crippen molar-refractivity contribution in [1.82, 2.24) is 0 Å². The number of halogens is 1. The van der Waals surface area contributed by atoms with Gasteiger partial charge >= 0.3 is 0 Å². The van der Waals surface area contributed by atoms with Crippen LogP contribution in [0.15, 0.2) is 48.5 Å². The zero-order valence-corrected chi connectivity index (χ0v) is 13.2. The van der Waals surface area contributed by atoms with E-state index >= 15 is 0 Å². The molecule has 1 aliphatic heterocycles. The smallest absolute Gasteiger partial charge is 0.248 e. The first-order valence-corrected chi connectivity index (χ1v) is 7.70. The standard InChI is InChI=1S/C18H16FN3O3/c19-13-3-7-15(8-4-13)22-10-12(9-16(22)23)18(25)21-14-5-1-11(2-6-14)17(20)24/h1-8,12H,9-10H2,(H2,20,24)(H,21,25). The molecule has 1 aliphatic rings. The normalized spacial score (nSPS) is 16.8. The molecule has 1 saturated heterocycles. The van der Waals surface area contributed by atoms with Crippen LogP contribution in [0.25, 0.3) is 0 Å². The van der Waals surface area contributed by atoms with Crippen molar-refractivity contribution in [2.45, 2.75) is 6.42 Å². The second-order valence-corrected chi connectivity index (χ2v) is 5.81. The van der Waals surface area contributed by atoms with Crippen LogP contribution in [0.1, 0.15) is 16.8 Å². The van der Waals surface area contributed by atoms with Crippen molar-refractivity contribution in [3.8, 4) is 0 Å². The zero-order valence-electron chi connectivity index (χ0n) is 13.2. The van der Waals surface area contributed by atoms with Crippen LogP contribution in [-0.2, 0) is 9.59 Å². The van der Waals surface area contributed by atoms with Crippen molar-refractivity contribution in [3.63, 3.8) is 0 Å². The minimum Gasteiger partial charge on any atom is -0.366 e. The number of carbonyl (C=O) groups excluding carboxylic acids is 3. The summed E-state index contributed by atoms with van der Waals surface area (Å²) < 4.78 is 13.0. The Kier molecular flexibility index (Phi) is 4.47. The van der Waals surface area contributed by atoms with Gasteiger partial charge in [-0.2, -0.15) is 0 Å². The van der Waals surface area contributed by atoms with E-state index < -0.39 is 11.8 Å². The third kappa shape index (κ3) is 3.65. The van der Waals surface area contributed by atoms with E-state index in [0.29, 0.717) is 16.9 Å². The van der Waals surface area contributed by atoms with E-state index in [4.69, 9.17) is 5.73 Å². The maximum absolute atomic E-state index is 13.0. The van der Waals surface area contributed by atoms with E-state index in [2.05, 4.69) is 5.32 Å². The molecular formula is C18H16FN3O3. The summed E-state index contributed by atoms with van der Waals surface area (Å²) in [6.07, 6.45) is 0.0859. The van der Waals surface area contributed by atoms with Gasteiger partial charge in [0.15, 0.2) is 0 Å². The average molecular weight is 341 g/mol. The Hall–Kier alpha value is -3.22.